The molecule has 3 aromatic rings. The maximum atomic E-state index is 13.4. The van der Waals surface area contributed by atoms with E-state index in [1.54, 1.807) is 16.2 Å². The quantitative estimate of drug-likeness (QED) is 0.475. The number of benzene rings is 1. The number of rotatable bonds is 8. The smallest absolute Gasteiger partial charge is 0.283 e. The van der Waals surface area contributed by atoms with Crippen LogP contribution in [0.25, 0.3) is 10.9 Å². The van der Waals surface area contributed by atoms with E-state index in [-0.39, 0.29) is 12.7 Å². The molecule has 0 saturated carbocycles. The van der Waals surface area contributed by atoms with E-state index in [1.165, 1.54) is 10.9 Å². The minimum Gasteiger partial charge on any atom is -0.478 e. The highest BCUT2D eigenvalue weighted by Crippen LogP contribution is 2.31. The van der Waals surface area contributed by atoms with Gasteiger partial charge in [0, 0.05) is 48.8 Å². The number of likely N-dealkylation sites (tertiary alicyclic amines) is 1. The molecule has 9 heteroatoms. The standard InChI is InChI=1S/C15H18F2N2O.C10H14FNOS/c1-10-6-12-11-4-2-3-5-13(11)18-14(12)7-19(10)8-15(16,17)9-20;11-4-2-5-12-7-9(8-12)13-10-3-1-6-14-10/h2-5,10,18,20H,6-9H2,1H3;1,3,6,9H,2,4-5,7-8H2. The number of thiophene rings is 1. The van der Waals surface area contributed by atoms with Gasteiger partial charge in [-0.25, -0.2) is 8.78 Å². The molecule has 2 aliphatic rings. The molecular weight excluding hydrogens is 463 g/mol. The number of hydrogen-bond acceptors (Lipinski definition) is 5. The Hall–Kier alpha value is -2.07. The molecule has 0 spiro atoms. The minimum atomic E-state index is -3.04. The lowest BCUT2D eigenvalue weighted by atomic mass is 9.97. The first-order valence-corrected chi connectivity index (χ1v) is 12.6. The molecule has 34 heavy (non-hydrogen) atoms. The van der Waals surface area contributed by atoms with Crippen molar-refractivity contribution in [1.29, 1.82) is 0 Å². The number of alkyl halides is 3. The second-order valence-corrected chi connectivity index (χ2v) is 9.98. The fourth-order valence-corrected chi connectivity index (χ4v) is 5.16. The Bertz CT molecular complexity index is 1040. The third kappa shape index (κ3) is 6.13. The van der Waals surface area contributed by atoms with Crippen LogP contribution in [0, 0.1) is 0 Å². The Kier molecular flexibility index (Phi) is 8.18. The molecule has 0 bridgehead atoms. The van der Waals surface area contributed by atoms with Crippen LogP contribution < -0.4 is 4.74 Å². The third-order valence-electron chi connectivity index (χ3n) is 6.36. The van der Waals surface area contributed by atoms with Crippen molar-refractivity contribution in [2.24, 2.45) is 0 Å². The summed E-state index contributed by atoms with van der Waals surface area (Å²) in [6, 6.07) is 12.0. The number of aromatic nitrogens is 1. The van der Waals surface area contributed by atoms with Crippen molar-refractivity contribution >= 4 is 22.2 Å². The number of fused-ring (bicyclic) bond motifs is 3. The largest absolute Gasteiger partial charge is 0.478 e. The van der Waals surface area contributed by atoms with Gasteiger partial charge in [0.1, 0.15) is 12.7 Å². The fraction of sp³-hybridized carbons (Fsp3) is 0.520. The van der Waals surface area contributed by atoms with Crippen LogP contribution in [-0.2, 0) is 13.0 Å². The molecule has 5 rings (SSSR count). The van der Waals surface area contributed by atoms with Crippen molar-refractivity contribution in [2.75, 3.05) is 39.5 Å². The number of ether oxygens (including phenoxy) is 1. The molecule has 0 aliphatic carbocycles. The van der Waals surface area contributed by atoms with Crippen LogP contribution in [0.3, 0.4) is 0 Å². The molecule has 2 N–H and O–H groups in total. The molecule has 1 atom stereocenters. The molecule has 2 aromatic heterocycles. The Morgan fingerprint density at radius 2 is 2.00 bits per heavy atom. The van der Waals surface area contributed by atoms with E-state index in [0.717, 1.165) is 42.3 Å². The van der Waals surface area contributed by atoms with E-state index < -0.39 is 19.1 Å². The van der Waals surface area contributed by atoms with E-state index in [1.807, 2.05) is 42.6 Å². The summed E-state index contributed by atoms with van der Waals surface area (Å²) in [6.45, 7) is 3.46. The normalized spacial score (nSPS) is 19.4. The van der Waals surface area contributed by atoms with Gasteiger partial charge in [-0.3, -0.25) is 14.2 Å². The molecule has 0 radical (unpaired) electrons. The maximum Gasteiger partial charge on any atom is 0.283 e. The van der Waals surface area contributed by atoms with Crippen molar-refractivity contribution in [3.63, 3.8) is 0 Å². The summed E-state index contributed by atoms with van der Waals surface area (Å²) in [7, 11) is 0. The van der Waals surface area contributed by atoms with Gasteiger partial charge in [-0.15, -0.1) is 11.3 Å². The second-order valence-electron chi connectivity index (χ2n) is 9.07. The lowest BCUT2D eigenvalue weighted by Gasteiger charge is -2.38. The predicted octanol–water partition coefficient (Wildman–Crippen LogP) is 4.71. The summed E-state index contributed by atoms with van der Waals surface area (Å²) in [4.78, 5) is 7.27. The van der Waals surface area contributed by atoms with Crippen LogP contribution in [0.5, 0.6) is 5.06 Å². The van der Waals surface area contributed by atoms with Crippen LogP contribution in [0.2, 0.25) is 0 Å². The zero-order valence-electron chi connectivity index (χ0n) is 19.4. The van der Waals surface area contributed by atoms with Crippen molar-refractivity contribution in [3.8, 4) is 5.06 Å². The van der Waals surface area contributed by atoms with Gasteiger partial charge in [-0.1, -0.05) is 18.2 Å². The number of hydrogen-bond donors (Lipinski definition) is 2. The average Bonchev–Trinajstić information content (AvgIpc) is 3.43. The second kappa shape index (κ2) is 11.1. The first-order valence-electron chi connectivity index (χ1n) is 11.7. The molecule has 1 saturated heterocycles. The van der Waals surface area contributed by atoms with Crippen molar-refractivity contribution < 1.29 is 23.0 Å². The Morgan fingerprint density at radius 3 is 2.71 bits per heavy atom. The summed E-state index contributed by atoms with van der Waals surface area (Å²) in [6.07, 6.45) is 1.71. The number of aromatic amines is 1. The molecule has 1 unspecified atom stereocenters. The van der Waals surface area contributed by atoms with Crippen LogP contribution in [-0.4, -0.2) is 77.4 Å². The zero-order chi connectivity index (χ0) is 24.1. The van der Waals surface area contributed by atoms with Gasteiger partial charge < -0.3 is 14.8 Å². The molecule has 2 aliphatic heterocycles. The van der Waals surface area contributed by atoms with Gasteiger partial charge in [0.25, 0.3) is 5.92 Å². The molecule has 1 fully saturated rings. The molecule has 5 nitrogen and oxygen atoms in total. The first-order chi connectivity index (χ1) is 16.4. The highest BCUT2D eigenvalue weighted by Gasteiger charge is 2.35. The zero-order valence-corrected chi connectivity index (χ0v) is 20.2. The monoisotopic (exact) mass is 495 g/mol. The number of nitrogens with zero attached hydrogens (tertiary/aromatic N) is 2. The summed E-state index contributed by atoms with van der Waals surface area (Å²) < 4.78 is 44.3. The van der Waals surface area contributed by atoms with Crippen molar-refractivity contribution in [1.82, 2.24) is 14.8 Å². The SMILES string of the molecule is CC1Cc2c([nH]c3ccccc23)CN1CC(F)(F)CO.FCCCN1CC(Oc2cccs2)C1. The number of H-pyrrole nitrogens is 1. The van der Waals surface area contributed by atoms with Crippen LogP contribution in [0.1, 0.15) is 24.6 Å². The van der Waals surface area contributed by atoms with E-state index in [4.69, 9.17) is 9.84 Å². The molecular formula is C25H32F3N3O2S. The summed E-state index contributed by atoms with van der Waals surface area (Å²) in [5.74, 6) is -3.04. The highest BCUT2D eigenvalue weighted by atomic mass is 32.1. The van der Waals surface area contributed by atoms with Gasteiger partial charge in [-0.2, -0.15) is 0 Å². The van der Waals surface area contributed by atoms with E-state index in [0.29, 0.717) is 19.1 Å². The molecule has 1 aromatic carbocycles. The minimum absolute atomic E-state index is 0.0409. The average molecular weight is 496 g/mol. The van der Waals surface area contributed by atoms with E-state index in [9.17, 15) is 13.2 Å². The Labute approximate surface area is 202 Å². The number of aliphatic hydroxyl groups is 1. The summed E-state index contributed by atoms with van der Waals surface area (Å²) >= 11 is 1.62. The molecule has 186 valence electrons. The topological polar surface area (TPSA) is 51.7 Å². The Balaban J connectivity index is 0.000000172. The number of halogens is 3. The van der Waals surface area contributed by atoms with Crippen LogP contribution >= 0.6 is 11.3 Å². The fourth-order valence-electron chi connectivity index (χ4n) is 4.52. The van der Waals surface area contributed by atoms with Crippen molar-refractivity contribution in [2.45, 2.75) is 44.4 Å². The van der Waals surface area contributed by atoms with Gasteiger partial charge in [0.15, 0.2) is 5.06 Å². The summed E-state index contributed by atoms with van der Waals surface area (Å²) in [5, 5.41) is 12.9. The maximum absolute atomic E-state index is 13.4. The highest BCUT2D eigenvalue weighted by molar-refractivity contribution is 7.11. The lowest BCUT2D eigenvalue weighted by Crippen LogP contribution is -2.53. The third-order valence-corrected chi connectivity index (χ3v) is 7.12. The van der Waals surface area contributed by atoms with Gasteiger partial charge >= 0.3 is 0 Å². The predicted molar refractivity (Wildman–Crippen MR) is 130 cm³/mol. The molecule has 0 amide bonds. The van der Waals surface area contributed by atoms with Gasteiger partial charge in [0.05, 0.1) is 13.2 Å². The van der Waals surface area contributed by atoms with Crippen LogP contribution in [0.15, 0.2) is 41.8 Å². The number of nitrogens with one attached hydrogen (secondary N) is 1. The first kappa shape index (κ1) is 25.0. The number of para-hydroxylation sites is 1. The Morgan fingerprint density at radius 1 is 1.21 bits per heavy atom. The van der Waals surface area contributed by atoms with Gasteiger partial charge in [0.2, 0.25) is 0 Å². The van der Waals surface area contributed by atoms with E-state index >= 15 is 0 Å². The van der Waals surface area contributed by atoms with E-state index in [2.05, 4.69) is 16.0 Å². The number of aliphatic hydroxyl groups excluding tert-OH is 1. The molecule has 4 heterocycles. The van der Waals surface area contributed by atoms with Gasteiger partial charge in [-0.05, 0) is 48.9 Å². The van der Waals surface area contributed by atoms with Crippen molar-refractivity contribution in [3.05, 3.63) is 53.0 Å². The summed E-state index contributed by atoms with van der Waals surface area (Å²) in [5.41, 5.74) is 3.30. The lowest BCUT2D eigenvalue weighted by molar-refractivity contribution is -0.0819. The van der Waals surface area contributed by atoms with Crippen LogP contribution in [0.4, 0.5) is 13.2 Å².